The lowest BCUT2D eigenvalue weighted by atomic mass is 10.1. The molecule has 0 aliphatic carbocycles. The molecule has 4 nitrogen and oxygen atoms in total. The van der Waals surface area contributed by atoms with E-state index in [0.717, 1.165) is 36.3 Å². The number of unbranched alkanes of at least 4 members (excludes halogenated alkanes) is 7. The first kappa shape index (κ1) is 21.9. The van der Waals surface area contributed by atoms with Crippen LogP contribution in [0.4, 0.5) is 5.69 Å². The third-order valence-electron chi connectivity index (χ3n) is 5.44. The van der Waals surface area contributed by atoms with Crippen molar-refractivity contribution in [3.05, 3.63) is 72.3 Å². The maximum absolute atomic E-state index is 12.4. The molecule has 0 saturated carbocycles. The summed E-state index contributed by atoms with van der Waals surface area (Å²) in [6, 6.07) is 15.7. The van der Waals surface area contributed by atoms with Crippen LogP contribution in [0.5, 0.6) is 5.75 Å². The number of nitrogens with zero attached hydrogens (tertiary/aromatic N) is 1. The molecule has 0 radical (unpaired) electrons. The maximum atomic E-state index is 12.4. The molecule has 3 rings (SSSR count). The van der Waals surface area contributed by atoms with Crippen LogP contribution in [0.1, 0.15) is 67.3 Å². The minimum absolute atomic E-state index is 0.251. The van der Waals surface area contributed by atoms with Crippen molar-refractivity contribution in [3.63, 3.8) is 0 Å². The summed E-state index contributed by atoms with van der Waals surface area (Å²) in [5, 5.41) is 0. The smallest absolute Gasteiger partial charge is 0.338 e. The molecule has 160 valence electrons. The van der Waals surface area contributed by atoms with Crippen LogP contribution in [0.25, 0.3) is 0 Å². The number of allylic oxidation sites excluding steroid dienone is 1. The van der Waals surface area contributed by atoms with Crippen molar-refractivity contribution in [1.82, 2.24) is 0 Å². The van der Waals surface area contributed by atoms with Crippen LogP contribution in [0.2, 0.25) is 0 Å². The Bertz CT molecular complexity index is 803. The molecule has 2 aromatic rings. The summed E-state index contributed by atoms with van der Waals surface area (Å²) in [7, 11) is 0. The first-order valence-electron chi connectivity index (χ1n) is 11.1. The molecule has 30 heavy (non-hydrogen) atoms. The van der Waals surface area contributed by atoms with Gasteiger partial charge in [-0.05, 0) is 49.6 Å². The van der Waals surface area contributed by atoms with E-state index in [1.54, 1.807) is 6.07 Å². The van der Waals surface area contributed by atoms with E-state index >= 15 is 0 Å². The van der Waals surface area contributed by atoms with Gasteiger partial charge in [-0.1, -0.05) is 56.4 Å². The van der Waals surface area contributed by atoms with Crippen LogP contribution in [0.3, 0.4) is 0 Å². The molecule has 2 aromatic carbocycles. The van der Waals surface area contributed by atoms with Crippen molar-refractivity contribution in [3.8, 4) is 5.75 Å². The lowest BCUT2D eigenvalue weighted by Gasteiger charge is -2.30. The quantitative estimate of drug-likeness (QED) is 0.228. The molecular formula is C26H33NO3. The largest absolute Gasteiger partial charge is 0.473 e. The number of fused-ring (bicyclic) bond motifs is 1. The Morgan fingerprint density at radius 1 is 1.00 bits per heavy atom. The first-order valence-corrected chi connectivity index (χ1v) is 11.1. The lowest BCUT2D eigenvalue weighted by molar-refractivity contribution is 0.0497. The van der Waals surface area contributed by atoms with Crippen molar-refractivity contribution < 1.29 is 14.3 Å². The second kappa shape index (κ2) is 12.1. The van der Waals surface area contributed by atoms with Crippen molar-refractivity contribution in [1.29, 1.82) is 0 Å². The standard InChI is InChI=1S/C26H33NO3/c1-2-3-4-5-6-7-8-9-13-18-29-26(28)22-16-17-25-23(19-22)20-27(21-30-25)24-14-11-10-12-15-24/h2,10-12,14-17,19H,1,3-9,13,18,20-21H2. The number of benzene rings is 2. The Morgan fingerprint density at radius 3 is 2.50 bits per heavy atom. The summed E-state index contributed by atoms with van der Waals surface area (Å²) in [5.74, 6) is 0.589. The SMILES string of the molecule is C=CCCCCCCCCCOC(=O)c1ccc2c(c1)CN(c1ccccc1)CO2. The van der Waals surface area contributed by atoms with Crippen LogP contribution in [-0.2, 0) is 11.3 Å². The minimum Gasteiger partial charge on any atom is -0.473 e. The van der Waals surface area contributed by atoms with Crippen LogP contribution < -0.4 is 9.64 Å². The van der Waals surface area contributed by atoms with Gasteiger partial charge in [0.2, 0.25) is 0 Å². The second-order valence-corrected chi connectivity index (χ2v) is 7.82. The van der Waals surface area contributed by atoms with Crippen molar-refractivity contribution in [2.24, 2.45) is 0 Å². The van der Waals surface area contributed by atoms with E-state index in [1.807, 2.05) is 36.4 Å². The van der Waals surface area contributed by atoms with Crippen LogP contribution in [0.15, 0.2) is 61.2 Å². The summed E-state index contributed by atoms with van der Waals surface area (Å²) in [5.41, 5.74) is 2.71. The average Bonchev–Trinajstić information content (AvgIpc) is 2.80. The zero-order valence-electron chi connectivity index (χ0n) is 17.9. The van der Waals surface area contributed by atoms with Crippen molar-refractivity contribution >= 4 is 11.7 Å². The molecule has 0 N–H and O–H groups in total. The fourth-order valence-corrected chi connectivity index (χ4v) is 3.70. The molecule has 1 aliphatic rings. The molecule has 0 unspecified atom stereocenters. The number of ether oxygens (including phenoxy) is 2. The van der Waals surface area contributed by atoms with Gasteiger partial charge in [0.25, 0.3) is 0 Å². The number of carbonyl (C=O) groups excluding carboxylic acids is 1. The van der Waals surface area contributed by atoms with Crippen LogP contribution in [-0.4, -0.2) is 19.3 Å². The number of hydrogen-bond donors (Lipinski definition) is 0. The van der Waals surface area contributed by atoms with E-state index in [9.17, 15) is 4.79 Å². The van der Waals surface area contributed by atoms with Gasteiger partial charge in [-0.3, -0.25) is 0 Å². The number of esters is 1. The van der Waals surface area contributed by atoms with E-state index in [4.69, 9.17) is 9.47 Å². The predicted octanol–water partition coefficient (Wildman–Crippen LogP) is 6.51. The predicted molar refractivity (Wildman–Crippen MR) is 122 cm³/mol. The molecule has 0 bridgehead atoms. The van der Waals surface area contributed by atoms with Gasteiger partial charge in [-0.25, -0.2) is 4.79 Å². The topological polar surface area (TPSA) is 38.8 Å². The molecule has 1 aliphatic heterocycles. The van der Waals surface area contributed by atoms with Crippen LogP contribution >= 0.6 is 0 Å². The van der Waals surface area contributed by atoms with Crippen LogP contribution in [0, 0.1) is 0 Å². The highest BCUT2D eigenvalue weighted by Gasteiger charge is 2.19. The Balaban J connectivity index is 1.39. The summed E-state index contributed by atoms with van der Waals surface area (Å²) in [6.07, 6.45) is 11.4. The number of carbonyl (C=O) groups is 1. The van der Waals surface area contributed by atoms with E-state index in [1.165, 1.54) is 32.1 Å². The first-order chi connectivity index (χ1) is 14.8. The molecule has 0 amide bonds. The van der Waals surface area contributed by atoms with Gasteiger partial charge in [-0.15, -0.1) is 6.58 Å². The highest BCUT2D eigenvalue weighted by Crippen LogP contribution is 2.29. The van der Waals surface area contributed by atoms with Gasteiger partial charge in [0.05, 0.1) is 12.2 Å². The number of para-hydroxylation sites is 1. The highest BCUT2D eigenvalue weighted by atomic mass is 16.5. The zero-order chi connectivity index (χ0) is 21.0. The summed E-state index contributed by atoms with van der Waals surface area (Å²) in [6.45, 7) is 5.46. The Labute approximate surface area is 180 Å². The third kappa shape index (κ3) is 6.65. The second-order valence-electron chi connectivity index (χ2n) is 7.82. The molecule has 0 fully saturated rings. The van der Waals surface area contributed by atoms with Gasteiger partial charge < -0.3 is 14.4 Å². The molecule has 0 spiro atoms. The van der Waals surface area contributed by atoms with Gasteiger partial charge in [0.15, 0.2) is 6.73 Å². The van der Waals surface area contributed by atoms with E-state index < -0.39 is 0 Å². The average molecular weight is 408 g/mol. The molecule has 4 heteroatoms. The number of hydrogen-bond acceptors (Lipinski definition) is 4. The number of rotatable bonds is 12. The van der Waals surface area contributed by atoms with Gasteiger partial charge in [0, 0.05) is 17.8 Å². The minimum atomic E-state index is -0.251. The Morgan fingerprint density at radius 2 is 1.73 bits per heavy atom. The Kier molecular flexibility index (Phi) is 8.82. The molecule has 0 aromatic heterocycles. The summed E-state index contributed by atoms with van der Waals surface area (Å²) in [4.78, 5) is 14.6. The van der Waals surface area contributed by atoms with Crippen molar-refractivity contribution in [2.75, 3.05) is 18.2 Å². The maximum Gasteiger partial charge on any atom is 0.338 e. The number of anilines is 1. The zero-order valence-corrected chi connectivity index (χ0v) is 17.9. The third-order valence-corrected chi connectivity index (χ3v) is 5.44. The fraction of sp³-hybridized carbons (Fsp3) is 0.423. The van der Waals surface area contributed by atoms with Gasteiger partial charge in [-0.2, -0.15) is 0 Å². The van der Waals surface area contributed by atoms with Crippen molar-refractivity contribution in [2.45, 2.75) is 57.9 Å². The molecule has 0 atom stereocenters. The Hall–Kier alpha value is -2.75. The van der Waals surface area contributed by atoms with E-state index in [-0.39, 0.29) is 5.97 Å². The van der Waals surface area contributed by atoms with Gasteiger partial charge in [0.1, 0.15) is 5.75 Å². The van der Waals surface area contributed by atoms with Gasteiger partial charge >= 0.3 is 5.97 Å². The van der Waals surface area contributed by atoms with E-state index in [2.05, 4.69) is 23.6 Å². The normalized spacial score (nSPS) is 12.7. The molecule has 0 saturated heterocycles. The lowest BCUT2D eigenvalue weighted by Crippen LogP contribution is -2.31. The fourth-order valence-electron chi connectivity index (χ4n) is 3.70. The molecular weight excluding hydrogens is 374 g/mol. The van der Waals surface area contributed by atoms with E-state index in [0.29, 0.717) is 25.4 Å². The highest BCUT2D eigenvalue weighted by molar-refractivity contribution is 5.90. The monoisotopic (exact) mass is 407 g/mol. The summed E-state index contributed by atoms with van der Waals surface area (Å²) >= 11 is 0. The molecule has 1 heterocycles. The summed E-state index contributed by atoms with van der Waals surface area (Å²) < 4.78 is 11.3.